The van der Waals surface area contributed by atoms with E-state index in [4.69, 9.17) is 15.2 Å². The Kier molecular flexibility index (Phi) is 6.68. The van der Waals surface area contributed by atoms with E-state index in [1.807, 2.05) is 0 Å². The second-order valence-corrected chi connectivity index (χ2v) is 8.20. The quantitative estimate of drug-likeness (QED) is 0.547. The number of methoxy groups -OCH3 is 2. The summed E-state index contributed by atoms with van der Waals surface area (Å²) in [5, 5.41) is 3.32. The number of carbonyl (C=O) groups is 2. The summed E-state index contributed by atoms with van der Waals surface area (Å²) in [5.41, 5.74) is 6.29. The molecule has 184 valence electrons. The zero-order chi connectivity index (χ0) is 25.2. The highest BCUT2D eigenvalue weighted by Crippen LogP contribution is 2.36. The molecular weight excluding hydrogens is 460 g/mol. The first-order valence-corrected chi connectivity index (χ1v) is 11.0. The number of pyridine rings is 2. The summed E-state index contributed by atoms with van der Waals surface area (Å²) in [6.07, 6.45) is 1.04. The van der Waals surface area contributed by atoms with Crippen LogP contribution in [-0.2, 0) is 0 Å². The largest absolute Gasteiger partial charge is 0.493 e. The van der Waals surface area contributed by atoms with Crippen molar-refractivity contribution in [2.75, 3.05) is 37.5 Å². The predicted octanol–water partition coefficient (Wildman–Crippen LogP) is 3.62. The van der Waals surface area contributed by atoms with Gasteiger partial charge in [-0.1, -0.05) is 0 Å². The third kappa shape index (κ3) is 5.23. The number of rotatable bonds is 6. The van der Waals surface area contributed by atoms with E-state index in [1.165, 1.54) is 32.5 Å². The van der Waals surface area contributed by atoms with Crippen LogP contribution >= 0.6 is 0 Å². The number of carbonyl (C=O) groups excluding carboxylic acids is 2. The van der Waals surface area contributed by atoms with Crippen LogP contribution in [0.15, 0.2) is 36.5 Å². The molecule has 3 heterocycles. The molecule has 3 N–H and O–H groups in total. The molecule has 11 heteroatoms. The van der Waals surface area contributed by atoms with E-state index in [2.05, 4.69) is 15.3 Å². The highest BCUT2D eigenvalue weighted by molar-refractivity contribution is 6.10. The van der Waals surface area contributed by atoms with Crippen LogP contribution in [-0.4, -0.2) is 55.0 Å². The zero-order valence-electron chi connectivity index (χ0n) is 19.3. The van der Waals surface area contributed by atoms with Gasteiger partial charge in [0, 0.05) is 49.3 Å². The Hall–Kier alpha value is -4.02. The summed E-state index contributed by atoms with van der Waals surface area (Å²) in [6.45, 7) is 0.364. The van der Waals surface area contributed by atoms with E-state index in [0.717, 1.165) is 0 Å². The van der Waals surface area contributed by atoms with Crippen molar-refractivity contribution in [2.45, 2.75) is 25.2 Å². The molecule has 1 aliphatic rings. The predicted molar refractivity (Wildman–Crippen MR) is 127 cm³/mol. The number of anilines is 2. The maximum atomic E-state index is 14.0. The molecule has 0 spiro atoms. The summed E-state index contributed by atoms with van der Waals surface area (Å²) in [7, 11) is 2.99. The van der Waals surface area contributed by atoms with Gasteiger partial charge in [-0.25, -0.2) is 13.8 Å². The monoisotopic (exact) mass is 485 g/mol. The zero-order valence-corrected chi connectivity index (χ0v) is 19.3. The molecule has 0 atom stereocenters. The van der Waals surface area contributed by atoms with Crippen LogP contribution in [0.4, 0.5) is 20.3 Å². The van der Waals surface area contributed by atoms with Gasteiger partial charge in [0.05, 0.1) is 25.3 Å². The van der Waals surface area contributed by atoms with Gasteiger partial charge in [-0.05, 0) is 30.7 Å². The van der Waals surface area contributed by atoms with Crippen LogP contribution < -0.4 is 25.4 Å². The number of alkyl halides is 2. The molecule has 4 rings (SSSR count). The van der Waals surface area contributed by atoms with Crippen molar-refractivity contribution in [3.63, 3.8) is 0 Å². The average molecular weight is 485 g/mol. The number of hydrogen-bond donors (Lipinski definition) is 2. The summed E-state index contributed by atoms with van der Waals surface area (Å²) in [4.78, 5) is 35.1. The highest BCUT2D eigenvalue weighted by Gasteiger charge is 2.33. The van der Waals surface area contributed by atoms with Gasteiger partial charge in [0.15, 0.2) is 11.5 Å². The van der Waals surface area contributed by atoms with Gasteiger partial charge in [-0.2, -0.15) is 0 Å². The number of nitrogens with zero attached hydrogens (tertiary/aromatic N) is 3. The van der Waals surface area contributed by atoms with Gasteiger partial charge in [0.1, 0.15) is 11.5 Å². The molecule has 0 saturated carbocycles. The average Bonchev–Trinajstić information content (AvgIpc) is 3.02. The van der Waals surface area contributed by atoms with Gasteiger partial charge >= 0.3 is 0 Å². The first-order valence-electron chi connectivity index (χ1n) is 11.0. The fourth-order valence-corrected chi connectivity index (χ4v) is 4.02. The number of hydrogen-bond acceptors (Lipinski definition) is 7. The third-order valence-corrected chi connectivity index (χ3v) is 5.83. The standard InChI is InChI=1S/C24H25F2N5O4/c1-34-19-11-14-10-16(23(33)29-15-4-7-28-18(12-15)21(27)32)22(30-17(14)13-20(19)35-2)31-8-3-5-24(25,26)6-9-31/h4,7,10-13H,3,5-6,8-9H2,1-2H3,(H2,27,32)(H,28,29,33). The van der Waals surface area contributed by atoms with E-state index < -0.39 is 17.7 Å². The second-order valence-electron chi connectivity index (χ2n) is 8.20. The molecule has 2 aromatic heterocycles. The SMILES string of the molecule is COc1cc2cc(C(=O)Nc3ccnc(C(N)=O)c3)c(N3CCCC(F)(F)CC3)nc2cc1OC. The van der Waals surface area contributed by atoms with Crippen molar-refractivity contribution in [1.82, 2.24) is 9.97 Å². The van der Waals surface area contributed by atoms with Crippen LogP contribution in [0.1, 0.15) is 40.1 Å². The molecule has 35 heavy (non-hydrogen) atoms. The lowest BCUT2D eigenvalue weighted by molar-refractivity contribution is -0.0102. The number of halogens is 2. The Labute approximate surface area is 200 Å². The van der Waals surface area contributed by atoms with Crippen molar-refractivity contribution < 1.29 is 27.8 Å². The maximum absolute atomic E-state index is 14.0. The minimum Gasteiger partial charge on any atom is -0.493 e. The molecule has 1 fully saturated rings. The van der Waals surface area contributed by atoms with E-state index in [0.29, 0.717) is 34.6 Å². The molecular formula is C24H25F2N5O4. The van der Waals surface area contributed by atoms with E-state index in [9.17, 15) is 18.4 Å². The third-order valence-electron chi connectivity index (χ3n) is 5.83. The van der Waals surface area contributed by atoms with Crippen molar-refractivity contribution in [1.29, 1.82) is 0 Å². The number of nitrogens with one attached hydrogen (secondary N) is 1. The Morgan fingerprint density at radius 1 is 1.09 bits per heavy atom. The fraction of sp³-hybridized carbons (Fsp3) is 0.333. The molecule has 1 aromatic carbocycles. The van der Waals surface area contributed by atoms with Crippen LogP contribution in [0.5, 0.6) is 11.5 Å². The van der Waals surface area contributed by atoms with Crippen molar-refractivity contribution in [3.05, 3.63) is 47.8 Å². The van der Waals surface area contributed by atoms with Gasteiger partial charge in [-0.3, -0.25) is 14.6 Å². The Morgan fingerprint density at radius 3 is 2.54 bits per heavy atom. The van der Waals surface area contributed by atoms with E-state index in [-0.39, 0.29) is 42.9 Å². The number of benzene rings is 1. The highest BCUT2D eigenvalue weighted by atomic mass is 19.3. The normalized spacial score (nSPS) is 15.4. The van der Waals surface area contributed by atoms with Gasteiger partial charge < -0.3 is 25.4 Å². The number of ether oxygens (including phenoxy) is 2. The number of aromatic nitrogens is 2. The summed E-state index contributed by atoms with van der Waals surface area (Å²) in [5.74, 6) is -2.84. The van der Waals surface area contributed by atoms with Crippen LogP contribution in [0.3, 0.4) is 0 Å². The Bertz CT molecular complexity index is 1280. The number of fused-ring (bicyclic) bond motifs is 1. The molecule has 2 amide bonds. The topological polar surface area (TPSA) is 120 Å². The smallest absolute Gasteiger partial charge is 0.267 e. The summed E-state index contributed by atoms with van der Waals surface area (Å²) < 4.78 is 38.8. The lowest BCUT2D eigenvalue weighted by Gasteiger charge is -2.25. The molecule has 0 aliphatic carbocycles. The Morgan fingerprint density at radius 2 is 1.83 bits per heavy atom. The summed E-state index contributed by atoms with van der Waals surface area (Å²) in [6, 6.07) is 7.87. The van der Waals surface area contributed by atoms with Gasteiger partial charge in [-0.15, -0.1) is 0 Å². The van der Waals surface area contributed by atoms with Crippen LogP contribution in [0, 0.1) is 0 Å². The van der Waals surface area contributed by atoms with Crippen molar-refractivity contribution in [2.24, 2.45) is 5.73 Å². The first-order chi connectivity index (χ1) is 16.7. The van der Waals surface area contributed by atoms with Gasteiger partial charge in [0.25, 0.3) is 11.8 Å². The summed E-state index contributed by atoms with van der Waals surface area (Å²) >= 11 is 0. The fourth-order valence-electron chi connectivity index (χ4n) is 4.02. The number of primary amides is 1. The van der Waals surface area contributed by atoms with Crippen LogP contribution in [0.2, 0.25) is 0 Å². The molecule has 0 radical (unpaired) electrons. The number of nitrogens with two attached hydrogens (primary N) is 1. The molecule has 1 saturated heterocycles. The molecule has 3 aromatic rings. The minimum atomic E-state index is -2.77. The Balaban J connectivity index is 1.79. The van der Waals surface area contributed by atoms with Crippen molar-refractivity contribution >= 4 is 34.2 Å². The molecule has 1 aliphatic heterocycles. The number of amides is 2. The van der Waals surface area contributed by atoms with Crippen molar-refractivity contribution in [3.8, 4) is 11.5 Å². The second kappa shape index (κ2) is 9.69. The lowest BCUT2D eigenvalue weighted by Crippen LogP contribution is -2.29. The lowest BCUT2D eigenvalue weighted by atomic mass is 10.1. The van der Waals surface area contributed by atoms with Crippen LogP contribution in [0.25, 0.3) is 10.9 Å². The first kappa shape index (κ1) is 24.1. The maximum Gasteiger partial charge on any atom is 0.267 e. The van der Waals surface area contributed by atoms with E-state index in [1.54, 1.807) is 23.1 Å². The van der Waals surface area contributed by atoms with Gasteiger partial charge in [0.2, 0.25) is 5.92 Å². The molecule has 0 unspecified atom stereocenters. The molecule has 0 bridgehead atoms. The molecule has 9 nitrogen and oxygen atoms in total. The van der Waals surface area contributed by atoms with E-state index >= 15 is 0 Å². The minimum absolute atomic E-state index is 0.00811.